The predicted octanol–water partition coefficient (Wildman–Crippen LogP) is 3.75. The largest absolute Gasteiger partial charge is 0.493 e. The summed E-state index contributed by atoms with van der Waals surface area (Å²) in [4.78, 5) is 12.0. The Bertz CT molecular complexity index is 715. The average Bonchev–Trinajstić information content (AvgIpc) is 2.61. The van der Waals surface area contributed by atoms with Crippen LogP contribution in [-0.4, -0.2) is 33.3 Å². The summed E-state index contributed by atoms with van der Waals surface area (Å²) in [6, 6.07) is 10.5. The number of methoxy groups -OCH3 is 2. The third-order valence-corrected chi connectivity index (χ3v) is 4.05. The van der Waals surface area contributed by atoms with Crippen LogP contribution in [0.2, 0.25) is 10.0 Å². The molecule has 5 nitrogen and oxygen atoms in total. The van der Waals surface area contributed by atoms with Crippen LogP contribution in [0.1, 0.15) is 5.56 Å². The minimum atomic E-state index is -0.252. The van der Waals surface area contributed by atoms with Crippen molar-refractivity contribution in [2.45, 2.75) is 6.42 Å². The van der Waals surface area contributed by atoms with Gasteiger partial charge in [0.05, 0.1) is 14.2 Å². The van der Waals surface area contributed by atoms with Crippen LogP contribution < -0.4 is 19.5 Å². The molecule has 0 saturated heterocycles. The van der Waals surface area contributed by atoms with Crippen molar-refractivity contribution in [1.82, 2.24) is 5.32 Å². The van der Waals surface area contributed by atoms with E-state index in [0.717, 1.165) is 5.56 Å². The fourth-order valence-electron chi connectivity index (χ4n) is 2.21. The molecule has 0 fully saturated rings. The lowest BCUT2D eigenvalue weighted by molar-refractivity contribution is -0.123. The molecule has 0 aliphatic carbocycles. The first-order chi connectivity index (χ1) is 12.0. The van der Waals surface area contributed by atoms with Crippen LogP contribution in [0.15, 0.2) is 36.4 Å². The van der Waals surface area contributed by atoms with E-state index in [9.17, 15) is 4.79 Å². The summed E-state index contributed by atoms with van der Waals surface area (Å²) in [6.07, 6.45) is 0.597. The van der Waals surface area contributed by atoms with E-state index in [4.69, 9.17) is 37.4 Å². The molecular weight excluding hydrogens is 365 g/mol. The molecule has 0 heterocycles. The molecule has 0 spiro atoms. The second-order valence-corrected chi connectivity index (χ2v) is 5.96. The number of nitrogens with one attached hydrogen (secondary N) is 1. The summed E-state index contributed by atoms with van der Waals surface area (Å²) in [6.45, 7) is 0.289. The zero-order valence-electron chi connectivity index (χ0n) is 14.0. The lowest BCUT2D eigenvalue weighted by Crippen LogP contribution is -2.30. The molecule has 1 N–H and O–H groups in total. The Morgan fingerprint density at radius 2 is 1.76 bits per heavy atom. The van der Waals surface area contributed by atoms with Crippen molar-refractivity contribution in [3.8, 4) is 17.2 Å². The highest BCUT2D eigenvalue weighted by Gasteiger charge is 2.13. The van der Waals surface area contributed by atoms with Gasteiger partial charge in [-0.05, 0) is 36.2 Å². The summed E-state index contributed by atoms with van der Waals surface area (Å²) >= 11 is 12.0. The van der Waals surface area contributed by atoms with Crippen molar-refractivity contribution >= 4 is 29.1 Å². The zero-order chi connectivity index (χ0) is 18.2. The molecule has 0 bridgehead atoms. The summed E-state index contributed by atoms with van der Waals surface area (Å²) in [5.41, 5.74) is 0.915. The van der Waals surface area contributed by atoms with Crippen LogP contribution in [0.25, 0.3) is 0 Å². The Morgan fingerprint density at radius 1 is 1.08 bits per heavy atom. The van der Waals surface area contributed by atoms with Crippen molar-refractivity contribution < 1.29 is 19.0 Å². The molecule has 0 aliphatic rings. The minimum Gasteiger partial charge on any atom is -0.493 e. The summed E-state index contributed by atoms with van der Waals surface area (Å²) < 4.78 is 16.0. The van der Waals surface area contributed by atoms with Gasteiger partial charge in [-0.3, -0.25) is 4.79 Å². The van der Waals surface area contributed by atoms with Crippen molar-refractivity contribution in [3.63, 3.8) is 0 Å². The van der Waals surface area contributed by atoms with E-state index in [1.54, 1.807) is 30.3 Å². The molecule has 1 amide bonds. The molecule has 2 rings (SSSR count). The molecule has 0 aliphatic heterocycles. The van der Waals surface area contributed by atoms with Gasteiger partial charge in [0, 0.05) is 16.6 Å². The Balaban J connectivity index is 1.85. The molecule has 2 aromatic rings. The molecule has 0 aromatic heterocycles. The summed E-state index contributed by atoms with van der Waals surface area (Å²) in [5, 5.41) is 3.94. The second kappa shape index (κ2) is 9.39. The quantitative estimate of drug-likeness (QED) is 0.753. The third kappa shape index (κ3) is 5.44. The fraction of sp³-hybridized carbons (Fsp3) is 0.278. The first-order valence-corrected chi connectivity index (χ1v) is 8.35. The molecule has 0 unspecified atom stereocenters. The SMILES string of the molecule is COc1cccc(OC)c1OCC(=O)NCCc1ccc(Cl)cc1Cl. The number of amides is 1. The molecule has 7 heteroatoms. The maximum absolute atomic E-state index is 12.0. The van der Waals surface area contributed by atoms with Gasteiger partial charge >= 0.3 is 0 Å². The Kier molecular flexibility index (Phi) is 7.22. The van der Waals surface area contributed by atoms with Gasteiger partial charge in [0.15, 0.2) is 18.1 Å². The first-order valence-electron chi connectivity index (χ1n) is 7.59. The van der Waals surface area contributed by atoms with E-state index < -0.39 is 0 Å². The lowest BCUT2D eigenvalue weighted by atomic mass is 10.1. The third-order valence-electron chi connectivity index (χ3n) is 3.46. The highest BCUT2D eigenvalue weighted by molar-refractivity contribution is 6.35. The van der Waals surface area contributed by atoms with Gasteiger partial charge in [0.2, 0.25) is 5.75 Å². The fourth-order valence-corrected chi connectivity index (χ4v) is 2.71. The number of halogens is 2. The maximum atomic E-state index is 12.0. The van der Waals surface area contributed by atoms with E-state index >= 15 is 0 Å². The van der Waals surface area contributed by atoms with E-state index in [1.165, 1.54) is 14.2 Å². The van der Waals surface area contributed by atoms with Crippen LogP contribution in [0.4, 0.5) is 0 Å². The number of ether oxygens (including phenoxy) is 3. The molecule has 25 heavy (non-hydrogen) atoms. The number of carbonyl (C=O) groups excluding carboxylic acids is 1. The van der Waals surface area contributed by atoms with Crippen LogP contribution in [0.3, 0.4) is 0 Å². The zero-order valence-corrected chi connectivity index (χ0v) is 15.5. The minimum absolute atomic E-state index is 0.148. The Labute approximate surface area is 156 Å². The lowest BCUT2D eigenvalue weighted by Gasteiger charge is -2.14. The van der Waals surface area contributed by atoms with Crippen LogP contribution in [0, 0.1) is 0 Å². The number of hydrogen-bond acceptors (Lipinski definition) is 4. The van der Waals surface area contributed by atoms with E-state index in [1.807, 2.05) is 6.07 Å². The molecule has 2 aromatic carbocycles. The normalized spacial score (nSPS) is 10.2. The number of benzene rings is 2. The monoisotopic (exact) mass is 383 g/mol. The highest BCUT2D eigenvalue weighted by atomic mass is 35.5. The van der Waals surface area contributed by atoms with Gasteiger partial charge in [0.25, 0.3) is 5.91 Å². The summed E-state index contributed by atoms with van der Waals surface area (Å²) in [7, 11) is 3.05. The molecule has 0 atom stereocenters. The van der Waals surface area contributed by atoms with Crippen LogP contribution in [-0.2, 0) is 11.2 Å². The molecule has 0 radical (unpaired) electrons. The number of carbonyl (C=O) groups is 1. The standard InChI is InChI=1S/C18H19Cl2NO4/c1-23-15-4-3-5-16(24-2)18(15)25-11-17(22)21-9-8-12-6-7-13(19)10-14(12)20/h3-7,10H,8-9,11H2,1-2H3,(H,21,22). The second-order valence-electron chi connectivity index (χ2n) is 5.12. The molecule has 134 valence electrons. The Morgan fingerprint density at radius 3 is 2.36 bits per heavy atom. The van der Waals surface area contributed by atoms with E-state index in [2.05, 4.69) is 5.32 Å². The van der Waals surface area contributed by atoms with Gasteiger partial charge in [-0.15, -0.1) is 0 Å². The average molecular weight is 384 g/mol. The van der Waals surface area contributed by atoms with Crippen LogP contribution in [0.5, 0.6) is 17.2 Å². The van der Waals surface area contributed by atoms with Gasteiger partial charge in [-0.2, -0.15) is 0 Å². The van der Waals surface area contributed by atoms with Crippen molar-refractivity contribution in [2.75, 3.05) is 27.4 Å². The van der Waals surface area contributed by atoms with Gasteiger partial charge in [0.1, 0.15) is 0 Å². The topological polar surface area (TPSA) is 56.8 Å². The molecule has 0 saturated carbocycles. The number of para-hydroxylation sites is 1. The highest BCUT2D eigenvalue weighted by Crippen LogP contribution is 2.36. The van der Waals surface area contributed by atoms with E-state index in [-0.39, 0.29) is 12.5 Å². The van der Waals surface area contributed by atoms with Crippen molar-refractivity contribution in [2.24, 2.45) is 0 Å². The first kappa shape index (κ1) is 19.2. The van der Waals surface area contributed by atoms with Gasteiger partial charge in [-0.1, -0.05) is 35.3 Å². The molecular formula is C18H19Cl2NO4. The van der Waals surface area contributed by atoms with Gasteiger partial charge in [-0.25, -0.2) is 0 Å². The predicted molar refractivity (Wildman–Crippen MR) is 98.2 cm³/mol. The smallest absolute Gasteiger partial charge is 0.257 e. The number of hydrogen-bond donors (Lipinski definition) is 1. The number of rotatable bonds is 8. The van der Waals surface area contributed by atoms with Crippen LogP contribution >= 0.6 is 23.2 Å². The van der Waals surface area contributed by atoms with Crippen molar-refractivity contribution in [1.29, 1.82) is 0 Å². The van der Waals surface area contributed by atoms with E-state index in [0.29, 0.717) is 40.3 Å². The van der Waals surface area contributed by atoms with Crippen molar-refractivity contribution in [3.05, 3.63) is 52.0 Å². The Hall–Kier alpha value is -2.11. The maximum Gasteiger partial charge on any atom is 0.257 e. The van der Waals surface area contributed by atoms with Gasteiger partial charge < -0.3 is 19.5 Å². The summed E-state index contributed by atoms with van der Waals surface area (Å²) in [5.74, 6) is 1.14.